The van der Waals surface area contributed by atoms with Crippen LogP contribution in [0.4, 0.5) is 0 Å². The van der Waals surface area contributed by atoms with Crippen molar-refractivity contribution in [2.24, 2.45) is 5.73 Å². The van der Waals surface area contributed by atoms with Crippen LogP contribution in [0.2, 0.25) is 0 Å². The van der Waals surface area contributed by atoms with Crippen molar-refractivity contribution in [3.63, 3.8) is 0 Å². The highest BCUT2D eigenvalue weighted by Gasteiger charge is 2.16. The predicted molar refractivity (Wildman–Crippen MR) is 74.4 cm³/mol. The Hall–Kier alpha value is -0.530. The van der Waals surface area contributed by atoms with E-state index in [0.29, 0.717) is 12.8 Å². The Bertz CT molecular complexity index is 457. The van der Waals surface area contributed by atoms with Crippen LogP contribution >= 0.6 is 11.5 Å². The highest BCUT2D eigenvalue weighted by molar-refractivity contribution is 7.91. The lowest BCUT2D eigenvalue weighted by molar-refractivity contribution is 0.584. The minimum atomic E-state index is -2.89. The number of nitrogens with two attached hydrogens (primary N) is 1. The molecule has 104 valence electrons. The second kappa shape index (κ2) is 7.16. The van der Waals surface area contributed by atoms with Crippen LogP contribution in [-0.4, -0.2) is 29.5 Å². The molecular weight excluding hydrogens is 270 g/mol. The molecule has 0 aliphatic carbocycles. The summed E-state index contributed by atoms with van der Waals surface area (Å²) in [6.45, 7) is 3.75. The van der Waals surface area contributed by atoms with Gasteiger partial charge in [0.1, 0.15) is 9.84 Å². The summed E-state index contributed by atoms with van der Waals surface area (Å²) in [4.78, 5) is 1.01. The zero-order valence-electron chi connectivity index (χ0n) is 10.9. The Kier molecular flexibility index (Phi) is 6.17. The summed E-state index contributed by atoms with van der Waals surface area (Å²) in [6.07, 6.45) is 3.16. The van der Waals surface area contributed by atoms with Gasteiger partial charge in [-0.1, -0.05) is 24.8 Å². The standard InChI is InChI=1S/C11H21N3O2S2/c1-3-6-10-11(17-14-13-10)9(12)7-5-8-18(15,16)4-2/h9H,3-8,12H2,1-2H3. The van der Waals surface area contributed by atoms with Crippen LogP contribution in [0.5, 0.6) is 0 Å². The molecule has 1 atom stereocenters. The van der Waals surface area contributed by atoms with Crippen LogP contribution < -0.4 is 5.73 Å². The number of hydrogen-bond acceptors (Lipinski definition) is 6. The van der Waals surface area contributed by atoms with Gasteiger partial charge in [0.2, 0.25) is 0 Å². The Balaban J connectivity index is 2.50. The summed E-state index contributed by atoms with van der Waals surface area (Å²) < 4.78 is 26.7. The lowest BCUT2D eigenvalue weighted by Gasteiger charge is -2.10. The normalized spacial score (nSPS) is 13.7. The van der Waals surface area contributed by atoms with Crippen LogP contribution in [-0.2, 0) is 16.3 Å². The Morgan fingerprint density at radius 1 is 1.39 bits per heavy atom. The largest absolute Gasteiger partial charge is 0.323 e. The molecule has 0 spiro atoms. The van der Waals surface area contributed by atoms with Gasteiger partial charge in [-0.15, -0.1) is 5.10 Å². The smallest absolute Gasteiger partial charge is 0.150 e. The number of rotatable bonds is 8. The lowest BCUT2D eigenvalue weighted by atomic mass is 10.1. The van der Waals surface area contributed by atoms with Gasteiger partial charge < -0.3 is 5.73 Å². The topological polar surface area (TPSA) is 85.9 Å². The van der Waals surface area contributed by atoms with Gasteiger partial charge in [-0.2, -0.15) is 0 Å². The molecule has 1 aromatic rings. The Morgan fingerprint density at radius 2 is 2.11 bits per heavy atom. The maximum atomic E-state index is 11.4. The van der Waals surface area contributed by atoms with Crippen LogP contribution in [0, 0.1) is 0 Å². The molecule has 1 rings (SSSR count). The third-order valence-electron chi connectivity index (χ3n) is 2.82. The molecule has 18 heavy (non-hydrogen) atoms. The van der Waals surface area contributed by atoms with E-state index in [1.807, 2.05) is 0 Å². The van der Waals surface area contributed by atoms with Crippen molar-refractivity contribution in [2.45, 2.75) is 45.6 Å². The number of aryl methyl sites for hydroxylation is 1. The van der Waals surface area contributed by atoms with E-state index < -0.39 is 9.84 Å². The first-order chi connectivity index (χ1) is 8.50. The van der Waals surface area contributed by atoms with Crippen molar-refractivity contribution >= 4 is 21.4 Å². The highest BCUT2D eigenvalue weighted by Crippen LogP contribution is 2.23. The van der Waals surface area contributed by atoms with Gasteiger partial charge in [0.15, 0.2) is 0 Å². The summed E-state index contributed by atoms with van der Waals surface area (Å²) in [5.41, 5.74) is 7.04. The molecule has 0 saturated carbocycles. The highest BCUT2D eigenvalue weighted by atomic mass is 32.2. The molecule has 5 nitrogen and oxygen atoms in total. The van der Waals surface area contributed by atoms with Crippen molar-refractivity contribution in [3.05, 3.63) is 10.6 Å². The number of aromatic nitrogens is 2. The summed E-state index contributed by atoms with van der Waals surface area (Å²) >= 11 is 1.33. The van der Waals surface area contributed by atoms with Crippen molar-refractivity contribution in [1.29, 1.82) is 0 Å². The fraction of sp³-hybridized carbons (Fsp3) is 0.818. The average Bonchev–Trinajstić information content (AvgIpc) is 2.77. The fourth-order valence-electron chi connectivity index (χ4n) is 1.71. The second-order valence-electron chi connectivity index (χ2n) is 4.32. The average molecular weight is 291 g/mol. The number of nitrogens with zero attached hydrogens (tertiary/aromatic N) is 2. The molecule has 0 fully saturated rings. The minimum Gasteiger partial charge on any atom is -0.323 e. The summed E-state index contributed by atoms with van der Waals surface area (Å²) in [7, 11) is -2.89. The molecule has 1 aromatic heterocycles. The molecule has 0 aliphatic rings. The summed E-state index contributed by atoms with van der Waals surface area (Å²) in [6, 6.07) is -0.140. The van der Waals surface area contributed by atoms with Crippen molar-refractivity contribution in [3.8, 4) is 0 Å². The molecule has 1 unspecified atom stereocenters. The third kappa shape index (κ3) is 4.62. The van der Waals surface area contributed by atoms with Crippen LogP contribution in [0.1, 0.15) is 49.7 Å². The van der Waals surface area contributed by atoms with Gasteiger partial charge in [0, 0.05) is 11.8 Å². The van der Waals surface area contributed by atoms with E-state index in [2.05, 4.69) is 16.5 Å². The SMILES string of the molecule is CCCc1nnsc1C(N)CCCS(=O)(=O)CC. The van der Waals surface area contributed by atoms with E-state index in [4.69, 9.17) is 5.73 Å². The lowest BCUT2D eigenvalue weighted by Crippen LogP contribution is -2.14. The monoisotopic (exact) mass is 291 g/mol. The van der Waals surface area contributed by atoms with Crippen LogP contribution in [0.25, 0.3) is 0 Å². The van der Waals surface area contributed by atoms with Crippen molar-refractivity contribution in [2.75, 3.05) is 11.5 Å². The van der Waals surface area contributed by atoms with E-state index in [9.17, 15) is 8.42 Å². The molecule has 2 N–H and O–H groups in total. The van der Waals surface area contributed by atoms with E-state index in [-0.39, 0.29) is 17.5 Å². The van der Waals surface area contributed by atoms with E-state index in [1.54, 1.807) is 6.92 Å². The summed E-state index contributed by atoms with van der Waals surface area (Å²) in [5, 5.41) is 4.07. The maximum absolute atomic E-state index is 11.4. The molecule has 0 aromatic carbocycles. The molecule has 0 bridgehead atoms. The Labute approximate surface area is 113 Å². The van der Waals surface area contributed by atoms with Gasteiger partial charge in [-0.3, -0.25) is 0 Å². The molecule has 0 amide bonds. The second-order valence-corrected chi connectivity index (χ2v) is 7.58. The van der Waals surface area contributed by atoms with Gasteiger partial charge in [0.25, 0.3) is 0 Å². The Morgan fingerprint density at radius 3 is 2.72 bits per heavy atom. The fourth-order valence-corrected chi connectivity index (χ4v) is 3.33. The zero-order valence-corrected chi connectivity index (χ0v) is 12.6. The molecule has 1 heterocycles. The van der Waals surface area contributed by atoms with Gasteiger partial charge in [-0.05, 0) is 30.8 Å². The maximum Gasteiger partial charge on any atom is 0.150 e. The van der Waals surface area contributed by atoms with Gasteiger partial charge >= 0.3 is 0 Å². The number of hydrogen-bond donors (Lipinski definition) is 1. The first-order valence-corrected chi connectivity index (χ1v) is 8.86. The molecule has 0 aliphatic heterocycles. The predicted octanol–water partition coefficient (Wildman–Crippen LogP) is 1.71. The third-order valence-corrected chi connectivity index (χ3v) is 5.51. The van der Waals surface area contributed by atoms with Crippen molar-refractivity contribution < 1.29 is 8.42 Å². The molecular formula is C11H21N3O2S2. The number of sulfone groups is 1. The van der Waals surface area contributed by atoms with Crippen LogP contribution in [0.15, 0.2) is 0 Å². The molecule has 0 saturated heterocycles. The molecule has 7 heteroatoms. The summed E-state index contributed by atoms with van der Waals surface area (Å²) in [5.74, 6) is 0.415. The minimum absolute atomic E-state index is 0.140. The quantitative estimate of drug-likeness (QED) is 0.788. The van der Waals surface area contributed by atoms with Gasteiger partial charge in [-0.25, -0.2) is 8.42 Å². The first-order valence-electron chi connectivity index (χ1n) is 6.27. The van der Waals surface area contributed by atoms with E-state index in [0.717, 1.165) is 23.4 Å². The van der Waals surface area contributed by atoms with Gasteiger partial charge in [0.05, 0.1) is 16.3 Å². The van der Waals surface area contributed by atoms with E-state index in [1.165, 1.54) is 11.5 Å². The zero-order chi connectivity index (χ0) is 13.6. The van der Waals surface area contributed by atoms with E-state index >= 15 is 0 Å². The molecule has 0 radical (unpaired) electrons. The first kappa shape index (κ1) is 15.5. The van der Waals surface area contributed by atoms with Crippen molar-refractivity contribution in [1.82, 2.24) is 9.59 Å². The van der Waals surface area contributed by atoms with Crippen LogP contribution in [0.3, 0.4) is 0 Å².